The van der Waals surface area contributed by atoms with Gasteiger partial charge in [-0.15, -0.1) is 0 Å². The molecule has 0 spiro atoms. The van der Waals surface area contributed by atoms with Crippen molar-refractivity contribution in [3.05, 3.63) is 54.1 Å². The number of allylic oxidation sites excluding steroid dienone is 2. The Hall–Kier alpha value is -1.83. The van der Waals surface area contributed by atoms with Crippen molar-refractivity contribution in [1.82, 2.24) is 0 Å². The van der Waals surface area contributed by atoms with Gasteiger partial charge in [-0.25, -0.2) is 0 Å². The Balaban J connectivity index is 1.87. The minimum absolute atomic E-state index is 0.0669. The van der Waals surface area contributed by atoms with Crippen LogP contribution in [0.15, 0.2) is 48.6 Å². The number of hydrogen-bond acceptors (Lipinski definition) is 2. The van der Waals surface area contributed by atoms with Gasteiger partial charge in [0, 0.05) is 11.8 Å². The third kappa shape index (κ3) is 1.52. The van der Waals surface area contributed by atoms with E-state index in [9.17, 15) is 4.79 Å². The van der Waals surface area contributed by atoms with E-state index >= 15 is 0 Å². The van der Waals surface area contributed by atoms with Crippen LogP contribution >= 0.6 is 0 Å². The Morgan fingerprint density at radius 2 is 2.11 bits per heavy atom. The zero-order valence-electron chi connectivity index (χ0n) is 10.4. The maximum Gasteiger partial charge on any atom is 0.317 e. The van der Waals surface area contributed by atoms with Crippen molar-refractivity contribution >= 4 is 12.0 Å². The Bertz CT molecular complexity index is 515. The molecule has 1 aliphatic carbocycles. The lowest BCUT2D eigenvalue weighted by atomic mass is 10.0. The molecule has 1 heterocycles. The Morgan fingerprint density at radius 3 is 2.83 bits per heavy atom. The van der Waals surface area contributed by atoms with Crippen molar-refractivity contribution in [2.45, 2.75) is 6.92 Å². The first-order valence-electron chi connectivity index (χ1n) is 6.33. The molecule has 3 atom stereocenters. The molecule has 0 bridgehead atoms. The molecule has 2 fully saturated rings. The largest absolute Gasteiger partial charge is 0.465 e. The van der Waals surface area contributed by atoms with E-state index in [4.69, 9.17) is 4.74 Å². The molecule has 1 aromatic carbocycles. The lowest BCUT2D eigenvalue weighted by Gasteiger charge is -2.06. The number of benzene rings is 1. The molecule has 1 aromatic rings. The van der Waals surface area contributed by atoms with Crippen molar-refractivity contribution in [2.75, 3.05) is 6.61 Å². The average Bonchev–Trinajstić information content (AvgIpc) is 2.89. The summed E-state index contributed by atoms with van der Waals surface area (Å²) in [6.07, 6.45) is 8.21. The third-order valence-corrected chi connectivity index (χ3v) is 3.99. The van der Waals surface area contributed by atoms with E-state index in [2.05, 4.69) is 6.08 Å². The number of fused-ring (bicyclic) bond motifs is 1. The molecule has 2 heteroatoms. The number of hydrogen-bond donors (Lipinski definition) is 0. The monoisotopic (exact) mass is 240 g/mol. The summed E-state index contributed by atoms with van der Waals surface area (Å²) >= 11 is 0. The molecule has 18 heavy (non-hydrogen) atoms. The van der Waals surface area contributed by atoms with Crippen LogP contribution in [-0.2, 0) is 9.53 Å². The van der Waals surface area contributed by atoms with Crippen LogP contribution in [-0.4, -0.2) is 12.6 Å². The van der Waals surface area contributed by atoms with Crippen molar-refractivity contribution in [3.63, 3.8) is 0 Å². The van der Waals surface area contributed by atoms with Gasteiger partial charge >= 0.3 is 5.97 Å². The van der Waals surface area contributed by atoms with Crippen LogP contribution in [0, 0.1) is 17.3 Å². The SMILES string of the molecule is C/C=C/[C@@H]1[C@H]2COC(=O)[C@@]12/C=C/c1ccccc1. The number of carbonyl (C=O) groups is 1. The number of carbonyl (C=O) groups excluding carboxylic acids is 1. The standard InChI is InChI=1S/C16H16O2/c1-2-6-13-14-11-18-15(17)16(13,14)10-9-12-7-4-3-5-8-12/h2-10,13-14H,11H2,1H3/b6-2+,10-9+/t13-,14-,16+/m1/s1. The summed E-state index contributed by atoms with van der Waals surface area (Å²) in [6, 6.07) is 10.1. The smallest absolute Gasteiger partial charge is 0.317 e. The second-order valence-corrected chi connectivity index (χ2v) is 4.93. The van der Waals surface area contributed by atoms with Gasteiger partial charge in [-0.2, -0.15) is 0 Å². The van der Waals surface area contributed by atoms with Gasteiger partial charge in [0.1, 0.15) is 0 Å². The second-order valence-electron chi connectivity index (χ2n) is 4.93. The minimum Gasteiger partial charge on any atom is -0.465 e. The fourth-order valence-corrected chi connectivity index (χ4v) is 2.93. The second kappa shape index (κ2) is 4.13. The summed E-state index contributed by atoms with van der Waals surface area (Å²) in [5.74, 6) is 0.590. The summed E-state index contributed by atoms with van der Waals surface area (Å²) in [6.45, 7) is 2.56. The van der Waals surface area contributed by atoms with Crippen LogP contribution in [0.2, 0.25) is 0 Å². The average molecular weight is 240 g/mol. The lowest BCUT2D eigenvalue weighted by molar-refractivity contribution is -0.143. The highest BCUT2D eigenvalue weighted by atomic mass is 16.5. The number of esters is 1. The molecule has 1 saturated carbocycles. The number of cyclic esters (lactones) is 1. The van der Waals surface area contributed by atoms with Gasteiger partial charge in [0.05, 0.1) is 12.0 Å². The minimum atomic E-state index is -0.387. The van der Waals surface area contributed by atoms with Gasteiger partial charge in [-0.3, -0.25) is 4.79 Å². The van der Waals surface area contributed by atoms with E-state index in [0.29, 0.717) is 18.4 Å². The van der Waals surface area contributed by atoms with Crippen LogP contribution in [0.25, 0.3) is 6.08 Å². The highest BCUT2D eigenvalue weighted by Crippen LogP contribution is 2.65. The molecule has 2 nitrogen and oxygen atoms in total. The predicted molar refractivity (Wildman–Crippen MR) is 70.7 cm³/mol. The van der Waals surface area contributed by atoms with Crippen LogP contribution in [0.1, 0.15) is 12.5 Å². The zero-order chi connectivity index (χ0) is 12.6. The van der Waals surface area contributed by atoms with Crippen LogP contribution in [0.3, 0.4) is 0 Å². The zero-order valence-corrected chi connectivity index (χ0v) is 10.4. The quantitative estimate of drug-likeness (QED) is 0.599. The fraction of sp³-hybridized carbons (Fsp3) is 0.312. The van der Waals surface area contributed by atoms with Gasteiger partial charge in [-0.05, 0) is 12.5 Å². The molecule has 0 unspecified atom stereocenters. The molecule has 2 aliphatic rings. The van der Waals surface area contributed by atoms with E-state index in [0.717, 1.165) is 5.56 Å². The highest BCUT2D eigenvalue weighted by Gasteiger charge is 2.71. The first-order chi connectivity index (χ1) is 8.79. The first-order valence-corrected chi connectivity index (χ1v) is 6.33. The van der Waals surface area contributed by atoms with E-state index in [1.54, 1.807) is 0 Å². The normalized spacial score (nSPS) is 33.9. The van der Waals surface area contributed by atoms with Crippen molar-refractivity contribution in [2.24, 2.45) is 17.3 Å². The number of rotatable bonds is 3. The summed E-state index contributed by atoms with van der Waals surface area (Å²) in [5, 5.41) is 0. The highest BCUT2D eigenvalue weighted by molar-refractivity contribution is 5.88. The molecule has 92 valence electrons. The molecular formula is C16H16O2. The Kier molecular flexibility index (Phi) is 2.58. The molecule has 1 aliphatic heterocycles. The third-order valence-electron chi connectivity index (χ3n) is 3.99. The molecule has 0 aromatic heterocycles. The van der Waals surface area contributed by atoms with Crippen molar-refractivity contribution in [3.8, 4) is 0 Å². The van der Waals surface area contributed by atoms with Crippen LogP contribution in [0.5, 0.6) is 0 Å². The fourth-order valence-electron chi connectivity index (χ4n) is 2.93. The van der Waals surface area contributed by atoms with Gasteiger partial charge in [0.2, 0.25) is 0 Å². The molecule has 1 saturated heterocycles. The van der Waals surface area contributed by atoms with Gasteiger partial charge in [0.15, 0.2) is 0 Å². The van der Waals surface area contributed by atoms with Crippen molar-refractivity contribution in [1.29, 1.82) is 0 Å². The maximum absolute atomic E-state index is 11.9. The van der Waals surface area contributed by atoms with Gasteiger partial charge in [0.25, 0.3) is 0 Å². The molecular weight excluding hydrogens is 224 g/mol. The van der Waals surface area contributed by atoms with Crippen LogP contribution < -0.4 is 0 Å². The summed E-state index contributed by atoms with van der Waals surface area (Å²) < 4.78 is 5.16. The van der Waals surface area contributed by atoms with E-state index in [-0.39, 0.29) is 11.4 Å². The molecule has 0 radical (unpaired) electrons. The predicted octanol–water partition coefficient (Wildman–Crippen LogP) is 3.07. The summed E-state index contributed by atoms with van der Waals surface area (Å²) in [4.78, 5) is 11.9. The maximum atomic E-state index is 11.9. The van der Waals surface area contributed by atoms with E-state index in [1.165, 1.54) is 0 Å². The topological polar surface area (TPSA) is 26.3 Å². The Labute approximate surface area is 107 Å². The lowest BCUT2D eigenvalue weighted by Crippen LogP contribution is -2.14. The van der Waals surface area contributed by atoms with Gasteiger partial charge in [-0.1, -0.05) is 54.6 Å². The van der Waals surface area contributed by atoms with E-state index < -0.39 is 0 Å². The molecule has 0 amide bonds. The van der Waals surface area contributed by atoms with Crippen LogP contribution in [0.4, 0.5) is 0 Å². The van der Waals surface area contributed by atoms with Gasteiger partial charge < -0.3 is 4.74 Å². The summed E-state index contributed by atoms with van der Waals surface area (Å²) in [7, 11) is 0. The van der Waals surface area contributed by atoms with E-state index in [1.807, 2.05) is 55.5 Å². The Morgan fingerprint density at radius 1 is 1.33 bits per heavy atom. The summed E-state index contributed by atoms with van der Waals surface area (Å²) in [5.41, 5.74) is 0.735. The molecule has 3 rings (SSSR count). The number of ether oxygens (including phenoxy) is 1. The molecule has 0 N–H and O–H groups in total. The van der Waals surface area contributed by atoms with Crippen molar-refractivity contribution < 1.29 is 9.53 Å². The first kappa shape index (κ1) is 11.3.